The van der Waals surface area contributed by atoms with E-state index in [0.717, 1.165) is 22.5 Å². The van der Waals surface area contributed by atoms with Crippen LogP contribution in [0.4, 0.5) is 11.8 Å². The van der Waals surface area contributed by atoms with E-state index in [9.17, 15) is 0 Å². The van der Waals surface area contributed by atoms with E-state index in [-0.39, 0.29) is 0 Å². The van der Waals surface area contributed by atoms with Crippen LogP contribution in [0, 0.1) is 11.3 Å². The van der Waals surface area contributed by atoms with Gasteiger partial charge in [-0.3, -0.25) is 0 Å². The summed E-state index contributed by atoms with van der Waals surface area (Å²) < 4.78 is 0. The molecule has 0 aromatic carbocycles. The molecule has 5 nitrogen and oxygen atoms in total. The van der Waals surface area contributed by atoms with E-state index in [1.54, 1.807) is 11.3 Å². The average Bonchev–Trinajstić information content (AvgIpc) is 2.86. The van der Waals surface area contributed by atoms with Crippen molar-refractivity contribution in [2.24, 2.45) is 0 Å². The summed E-state index contributed by atoms with van der Waals surface area (Å²) in [5.74, 6) is 1.51. The Hall–Kier alpha value is -1.87. The Labute approximate surface area is 116 Å². The third kappa shape index (κ3) is 2.76. The highest BCUT2D eigenvalue weighted by atomic mass is 32.1. The average molecular weight is 275 g/mol. The second kappa shape index (κ2) is 5.85. The molecule has 0 radical (unpaired) electrons. The van der Waals surface area contributed by atoms with Crippen molar-refractivity contribution < 1.29 is 0 Å². The van der Waals surface area contributed by atoms with Gasteiger partial charge in [0, 0.05) is 25.5 Å². The molecule has 19 heavy (non-hydrogen) atoms. The molecule has 100 valence electrons. The Balaban J connectivity index is 2.50. The molecule has 2 rings (SSSR count). The number of thiophene rings is 1. The molecule has 0 atom stereocenters. The predicted molar refractivity (Wildman–Crippen MR) is 79.8 cm³/mol. The van der Waals surface area contributed by atoms with Crippen molar-refractivity contribution in [3.8, 4) is 6.07 Å². The SMILES string of the molecule is CCc1cc2c(N(C)CCC#N)nc(NC)nc2s1. The lowest BCUT2D eigenvalue weighted by molar-refractivity contribution is 0.888. The van der Waals surface area contributed by atoms with Gasteiger partial charge in [0.1, 0.15) is 10.6 Å². The maximum Gasteiger partial charge on any atom is 0.225 e. The van der Waals surface area contributed by atoms with Gasteiger partial charge >= 0.3 is 0 Å². The fraction of sp³-hybridized carbons (Fsp3) is 0.462. The van der Waals surface area contributed by atoms with Crippen molar-refractivity contribution in [1.29, 1.82) is 5.26 Å². The number of nitriles is 1. The molecule has 0 saturated heterocycles. The molecule has 0 aliphatic rings. The molecule has 6 heteroatoms. The number of anilines is 2. The van der Waals surface area contributed by atoms with Crippen LogP contribution in [0.5, 0.6) is 0 Å². The second-order valence-corrected chi connectivity index (χ2v) is 5.35. The van der Waals surface area contributed by atoms with Crippen molar-refractivity contribution in [1.82, 2.24) is 9.97 Å². The van der Waals surface area contributed by atoms with Gasteiger partial charge in [-0.05, 0) is 12.5 Å². The van der Waals surface area contributed by atoms with Gasteiger partial charge < -0.3 is 10.2 Å². The largest absolute Gasteiger partial charge is 0.358 e. The first-order valence-electron chi connectivity index (χ1n) is 6.25. The van der Waals surface area contributed by atoms with E-state index in [4.69, 9.17) is 5.26 Å². The van der Waals surface area contributed by atoms with Crippen LogP contribution >= 0.6 is 11.3 Å². The number of nitrogens with one attached hydrogen (secondary N) is 1. The molecule has 2 heterocycles. The van der Waals surface area contributed by atoms with E-state index in [1.165, 1.54) is 4.88 Å². The quantitative estimate of drug-likeness (QED) is 0.908. The molecule has 0 fully saturated rings. The van der Waals surface area contributed by atoms with E-state index >= 15 is 0 Å². The van der Waals surface area contributed by atoms with Gasteiger partial charge in [0.15, 0.2) is 0 Å². The van der Waals surface area contributed by atoms with Crippen LogP contribution in [0.3, 0.4) is 0 Å². The Morgan fingerprint density at radius 1 is 1.47 bits per heavy atom. The van der Waals surface area contributed by atoms with Gasteiger partial charge in [-0.1, -0.05) is 6.92 Å². The third-order valence-electron chi connectivity index (χ3n) is 2.92. The normalized spacial score (nSPS) is 10.4. The number of aromatic nitrogens is 2. The summed E-state index contributed by atoms with van der Waals surface area (Å²) in [5.41, 5.74) is 0. The fourth-order valence-electron chi connectivity index (χ4n) is 1.86. The number of hydrogen-bond acceptors (Lipinski definition) is 6. The highest BCUT2D eigenvalue weighted by Crippen LogP contribution is 2.31. The van der Waals surface area contributed by atoms with Crippen LogP contribution in [0.2, 0.25) is 0 Å². The maximum atomic E-state index is 8.70. The summed E-state index contributed by atoms with van der Waals surface area (Å²) in [5, 5.41) is 12.8. The molecule has 0 saturated carbocycles. The lowest BCUT2D eigenvalue weighted by atomic mass is 10.3. The summed E-state index contributed by atoms with van der Waals surface area (Å²) in [6.45, 7) is 2.80. The van der Waals surface area contributed by atoms with Crippen LogP contribution in [-0.4, -0.2) is 30.6 Å². The van der Waals surface area contributed by atoms with Crippen molar-refractivity contribution in [3.63, 3.8) is 0 Å². The van der Waals surface area contributed by atoms with E-state index in [2.05, 4.69) is 34.3 Å². The number of rotatable bonds is 5. The second-order valence-electron chi connectivity index (χ2n) is 4.24. The predicted octanol–water partition coefficient (Wildman–Crippen LogP) is 2.65. The Kier molecular flexibility index (Phi) is 4.17. The summed E-state index contributed by atoms with van der Waals surface area (Å²) in [6.07, 6.45) is 1.49. The summed E-state index contributed by atoms with van der Waals surface area (Å²) >= 11 is 1.70. The molecule has 0 unspecified atom stereocenters. The zero-order valence-electron chi connectivity index (χ0n) is 11.4. The first kappa shape index (κ1) is 13.6. The highest BCUT2D eigenvalue weighted by Gasteiger charge is 2.13. The first-order chi connectivity index (χ1) is 9.19. The Bertz CT molecular complexity index is 613. The van der Waals surface area contributed by atoms with Crippen LogP contribution in [0.25, 0.3) is 10.2 Å². The van der Waals surface area contributed by atoms with E-state index in [1.807, 2.05) is 19.0 Å². The molecule has 1 N–H and O–H groups in total. The molecule has 2 aromatic heterocycles. The maximum absolute atomic E-state index is 8.70. The molecular weight excluding hydrogens is 258 g/mol. The number of nitrogens with zero attached hydrogens (tertiary/aromatic N) is 4. The third-order valence-corrected chi connectivity index (χ3v) is 4.09. The van der Waals surface area contributed by atoms with Crippen LogP contribution in [-0.2, 0) is 6.42 Å². The lowest BCUT2D eigenvalue weighted by Crippen LogP contribution is -2.20. The molecule has 0 aliphatic heterocycles. The van der Waals surface area contributed by atoms with E-state index in [0.29, 0.717) is 18.9 Å². The fourth-order valence-corrected chi connectivity index (χ4v) is 2.82. The van der Waals surface area contributed by atoms with Gasteiger partial charge in [0.2, 0.25) is 5.95 Å². The first-order valence-corrected chi connectivity index (χ1v) is 7.07. The Morgan fingerprint density at radius 3 is 2.89 bits per heavy atom. The van der Waals surface area contributed by atoms with Crippen LogP contribution < -0.4 is 10.2 Å². The van der Waals surface area contributed by atoms with Crippen molar-refractivity contribution in [2.75, 3.05) is 30.9 Å². The van der Waals surface area contributed by atoms with Crippen LogP contribution in [0.1, 0.15) is 18.2 Å². The monoisotopic (exact) mass is 275 g/mol. The minimum atomic E-state index is 0.488. The van der Waals surface area contributed by atoms with Crippen molar-refractivity contribution >= 4 is 33.3 Å². The lowest BCUT2D eigenvalue weighted by Gasteiger charge is -2.17. The Morgan fingerprint density at radius 2 is 2.26 bits per heavy atom. The van der Waals surface area contributed by atoms with Gasteiger partial charge in [-0.2, -0.15) is 10.2 Å². The van der Waals surface area contributed by atoms with Crippen molar-refractivity contribution in [2.45, 2.75) is 19.8 Å². The zero-order valence-corrected chi connectivity index (χ0v) is 12.2. The minimum Gasteiger partial charge on any atom is -0.358 e. The minimum absolute atomic E-state index is 0.488. The molecule has 0 aliphatic carbocycles. The summed E-state index contributed by atoms with van der Waals surface area (Å²) in [4.78, 5) is 13.3. The van der Waals surface area contributed by atoms with Crippen LogP contribution in [0.15, 0.2) is 6.07 Å². The number of aryl methyl sites for hydroxylation is 1. The number of fused-ring (bicyclic) bond motifs is 1. The molecular formula is C13H17N5S. The summed E-state index contributed by atoms with van der Waals surface area (Å²) in [6, 6.07) is 4.31. The molecule has 0 spiro atoms. The van der Waals surface area contributed by atoms with Gasteiger partial charge in [-0.15, -0.1) is 11.3 Å². The summed E-state index contributed by atoms with van der Waals surface area (Å²) in [7, 11) is 3.77. The van der Waals surface area contributed by atoms with Gasteiger partial charge in [0.05, 0.1) is 17.9 Å². The zero-order chi connectivity index (χ0) is 13.8. The topological polar surface area (TPSA) is 64.8 Å². The number of hydrogen-bond donors (Lipinski definition) is 1. The van der Waals surface area contributed by atoms with Gasteiger partial charge in [-0.25, -0.2) is 4.98 Å². The van der Waals surface area contributed by atoms with Crippen molar-refractivity contribution in [3.05, 3.63) is 10.9 Å². The molecule has 2 aromatic rings. The smallest absolute Gasteiger partial charge is 0.225 e. The van der Waals surface area contributed by atoms with E-state index < -0.39 is 0 Å². The van der Waals surface area contributed by atoms with Gasteiger partial charge in [0.25, 0.3) is 0 Å². The standard InChI is InChI=1S/C13H17N5S/c1-4-9-8-10-11(18(3)7-5-6-14)16-13(15-2)17-12(10)19-9/h8H,4-5,7H2,1-3H3,(H,15,16,17). The molecule has 0 bridgehead atoms. The molecule has 0 amide bonds. The highest BCUT2D eigenvalue weighted by molar-refractivity contribution is 7.18.